The number of aryl methyl sites for hydroxylation is 3. The summed E-state index contributed by atoms with van der Waals surface area (Å²) in [5.74, 6) is -0.314. The predicted octanol–water partition coefficient (Wildman–Crippen LogP) is 4.01. The number of benzene rings is 1. The summed E-state index contributed by atoms with van der Waals surface area (Å²) in [4.78, 5) is 51.5. The first-order chi connectivity index (χ1) is 19.9. The van der Waals surface area contributed by atoms with E-state index in [-0.39, 0.29) is 30.3 Å². The Morgan fingerprint density at radius 2 is 1.93 bits per heavy atom. The van der Waals surface area contributed by atoms with Crippen molar-refractivity contribution >= 4 is 34.4 Å². The van der Waals surface area contributed by atoms with Crippen LogP contribution in [0.15, 0.2) is 54.7 Å². The number of carbonyl (C=O) groups excluding carboxylic acids is 3. The van der Waals surface area contributed by atoms with Crippen LogP contribution in [0, 0.1) is 12.8 Å². The molecule has 1 aromatic carbocycles. The van der Waals surface area contributed by atoms with E-state index in [1.54, 1.807) is 17.2 Å². The zero-order valence-electron chi connectivity index (χ0n) is 23.0. The largest absolute Gasteiger partial charge is 0.366 e. The monoisotopic (exact) mass is 548 g/mol. The maximum absolute atomic E-state index is 14.2. The van der Waals surface area contributed by atoms with Crippen molar-refractivity contribution in [3.63, 3.8) is 0 Å². The Morgan fingerprint density at radius 1 is 1.07 bits per heavy atom. The van der Waals surface area contributed by atoms with Crippen molar-refractivity contribution < 1.29 is 14.4 Å². The van der Waals surface area contributed by atoms with Gasteiger partial charge in [0.05, 0.1) is 11.3 Å². The van der Waals surface area contributed by atoms with Gasteiger partial charge in [-0.15, -0.1) is 0 Å². The first kappa shape index (κ1) is 25.4. The number of piperidine rings is 1. The lowest BCUT2D eigenvalue weighted by atomic mass is 9.97. The quantitative estimate of drug-likeness (QED) is 0.377. The van der Waals surface area contributed by atoms with E-state index < -0.39 is 11.9 Å². The minimum absolute atomic E-state index is 0.0104. The number of fused-ring (bicyclic) bond motifs is 4. The molecule has 3 N–H and O–H groups in total. The summed E-state index contributed by atoms with van der Waals surface area (Å²) in [7, 11) is 0. The molecule has 9 heteroatoms. The Kier molecular flexibility index (Phi) is 6.10. The van der Waals surface area contributed by atoms with Gasteiger partial charge in [-0.2, -0.15) is 0 Å². The SMILES string of the molecule is Cc1cccc(NC(=O)[C@@H]2[C@H]3CC[C@H](C3)N2C(=O)Cn2c(-c3cnc4c(c3)CCC4)c(C(N)=O)c3ccccc32)n1. The van der Waals surface area contributed by atoms with Crippen LogP contribution in [0.25, 0.3) is 22.2 Å². The number of hydrogen-bond donors (Lipinski definition) is 2. The van der Waals surface area contributed by atoms with Crippen LogP contribution in [0.3, 0.4) is 0 Å². The molecule has 41 heavy (non-hydrogen) atoms. The van der Waals surface area contributed by atoms with Gasteiger partial charge in [0.25, 0.3) is 5.91 Å². The summed E-state index contributed by atoms with van der Waals surface area (Å²) in [6.45, 7) is 1.86. The molecule has 0 radical (unpaired) electrons. The average molecular weight is 549 g/mol. The summed E-state index contributed by atoms with van der Waals surface area (Å²) in [6.07, 6.45) is 7.32. The normalized spacial score (nSPS) is 20.9. The number of anilines is 1. The molecule has 2 aliphatic carbocycles. The average Bonchev–Trinajstić information content (AvgIpc) is 3.75. The molecule has 3 aliphatic rings. The van der Waals surface area contributed by atoms with Crippen LogP contribution in [0.4, 0.5) is 5.82 Å². The van der Waals surface area contributed by atoms with Crippen LogP contribution in [0.5, 0.6) is 0 Å². The molecular formula is C32H32N6O3. The number of aromatic nitrogens is 3. The number of amides is 3. The van der Waals surface area contributed by atoms with Crippen molar-refractivity contribution in [1.29, 1.82) is 0 Å². The smallest absolute Gasteiger partial charge is 0.251 e. The van der Waals surface area contributed by atoms with Crippen molar-refractivity contribution in [2.24, 2.45) is 11.7 Å². The second-order valence-electron chi connectivity index (χ2n) is 11.5. The summed E-state index contributed by atoms with van der Waals surface area (Å²) in [5, 5.41) is 3.65. The number of rotatable bonds is 6. The number of nitrogens with one attached hydrogen (secondary N) is 1. The van der Waals surface area contributed by atoms with Gasteiger partial charge in [0.1, 0.15) is 18.4 Å². The summed E-state index contributed by atoms with van der Waals surface area (Å²) < 4.78 is 1.89. The maximum atomic E-state index is 14.2. The molecule has 208 valence electrons. The fraction of sp³-hybridized carbons (Fsp3) is 0.344. The minimum atomic E-state index is -0.564. The third-order valence-corrected chi connectivity index (χ3v) is 8.98. The molecule has 9 nitrogen and oxygen atoms in total. The Morgan fingerprint density at radius 3 is 2.76 bits per heavy atom. The molecule has 1 saturated carbocycles. The van der Waals surface area contributed by atoms with E-state index in [2.05, 4.69) is 16.4 Å². The molecule has 7 rings (SSSR count). The molecule has 3 aromatic heterocycles. The number of likely N-dealkylation sites (tertiary alicyclic amines) is 1. The minimum Gasteiger partial charge on any atom is -0.366 e. The Bertz CT molecular complexity index is 1730. The first-order valence-corrected chi connectivity index (χ1v) is 14.3. The number of primary amides is 1. The molecule has 1 aliphatic heterocycles. The molecule has 0 unspecified atom stereocenters. The second-order valence-corrected chi connectivity index (χ2v) is 11.5. The van der Waals surface area contributed by atoms with Crippen LogP contribution in [-0.4, -0.2) is 49.2 Å². The number of hydrogen-bond acceptors (Lipinski definition) is 5. The number of para-hydroxylation sites is 1. The first-order valence-electron chi connectivity index (χ1n) is 14.3. The Balaban J connectivity index is 1.27. The topological polar surface area (TPSA) is 123 Å². The fourth-order valence-corrected chi connectivity index (χ4v) is 7.29. The van der Waals surface area contributed by atoms with E-state index >= 15 is 0 Å². The van der Waals surface area contributed by atoms with Crippen molar-refractivity contribution in [2.75, 3.05) is 5.32 Å². The van der Waals surface area contributed by atoms with Gasteiger partial charge in [0, 0.05) is 40.1 Å². The van der Waals surface area contributed by atoms with E-state index in [9.17, 15) is 14.4 Å². The second kappa shape index (κ2) is 9.83. The number of nitrogens with two attached hydrogens (primary N) is 1. The summed E-state index contributed by atoms with van der Waals surface area (Å²) in [6, 6.07) is 14.5. The van der Waals surface area contributed by atoms with Gasteiger partial charge in [-0.1, -0.05) is 24.3 Å². The number of pyridine rings is 2. The summed E-state index contributed by atoms with van der Waals surface area (Å²) >= 11 is 0. The van der Waals surface area contributed by atoms with Crippen LogP contribution in [0.2, 0.25) is 0 Å². The zero-order valence-corrected chi connectivity index (χ0v) is 23.0. The van der Waals surface area contributed by atoms with Crippen molar-refractivity contribution in [1.82, 2.24) is 19.4 Å². The summed E-state index contributed by atoms with van der Waals surface area (Å²) in [5.41, 5.74) is 11.5. The van der Waals surface area contributed by atoms with Crippen LogP contribution >= 0.6 is 0 Å². The highest BCUT2D eigenvalue weighted by molar-refractivity contribution is 6.12. The maximum Gasteiger partial charge on any atom is 0.251 e. The van der Waals surface area contributed by atoms with Crippen LogP contribution in [0.1, 0.15) is 53.0 Å². The zero-order chi connectivity index (χ0) is 28.2. The van der Waals surface area contributed by atoms with Gasteiger partial charge >= 0.3 is 0 Å². The number of nitrogens with zero attached hydrogens (tertiary/aromatic N) is 4. The van der Waals surface area contributed by atoms with Gasteiger partial charge in [-0.05, 0) is 81.2 Å². The van der Waals surface area contributed by atoms with E-state index in [1.165, 1.54) is 5.56 Å². The van der Waals surface area contributed by atoms with Gasteiger partial charge < -0.3 is 20.5 Å². The van der Waals surface area contributed by atoms with Crippen LogP contribution in [-0.2, 0) is 29.0 Å². The molecule has 4 aromatic rings. The Labute approximate surface area is 237 Å². The molecule has 3 atom stereocenters. The molecule has 2 bridgehead atoms. The van der Waals surface area contributed by atoms with Gasteiger partial charge in [0.15, 0.2) is 0 Å². The van der Waals surface area contributed by atoms with Gasteiger partial charge in [0.2, 0.25) is 11.8 Å². The van der Waals surface area contributed by atoms with Crippen molar-refractivity contribution in [3.05, 3.63) is 77.2 Å². The molecule has 0 spiro atoms. The predicted molar refractivity (Wildman–Crippen MR) is 155 cm³/mol. The van der Waals surface area contributed by atoms with Gasteiger partial charge in [-0.25, -0.2) is 4.98 Å². The lowest BCUT2D eigenvalue weighted by Crippen LogP contribution is -2.52. The third kappa shape index (κ3) is 4.27. The van der Waals surface area contributed by atoms with Crippen molar-refractivity contribution in [3.8, 4) is 11.3 Å². The van der Waals surface area contributed by atoms with E-state index in [0.717, 1.165) is 61.0 Å². The fourth-order valence-electron chi connectivity index (χ4n) is 7.29. The lowest BCUT2D eigenvalue weighted by Gasteiger charge is -2.34. The molecule has 2 fully saturated rings. The molecule has 3 amide bonds. The standard InChI is InChI=1S/C32H32N6O3/c1-18-6-4-11-26(35-18)36-32(41)30-20-12-13-22(15-20)38(30)27(39)17-37-25-10-3-2-8-23(25)28(31(33)40)29(37)21-14-19-7-5-9-24(19)34-16-21/h2-4,6,8,10-11,14,16,20,22,30H,5,7,9,12-13,15,17H2,1H3,(H2,33,40)(H,35,36,41)/t20-,22+,30-/m0/s1. The van der Waals surface area contributed by atoms with Gasteiger partial charge in [-0.3, -0.25) is 19.4 Å². The molecule has 4 heterocycles. The van der Waals surface area contributed by atoms with Crippen molar-refractivity contribution in [2.45, 2.75) is 64.1 Å². The highest BCUT2D eigenvalue weighted by Crippen LogP contribution is 2.43. The third-order valence-electron chi connectivity index (χ3n) is 8.98. The highest BCUT2D eigenvalue weighted by atomic mass is 16.2. The van der Waals surface area contributed by atoms with E-state index in [4.69, 9.17) is 10.7 Å². The molecule has 1 saturated heterocycles. The van der Waals surface area contributed by atoms with E-state index in [1.807, 2.05) is 47.9 Å². The highest BCUT2D eigenvalue weighted by Gasteiger charge is 2.51. The Hall–Kier alpha value is -4.53. The number of carbonyl (C=O) groups is 3. The van der Waals surface area contributed by atoms with Crippen LogP contribution < -0.4 is 11.1 Å². The lowest BCUT2D eigenvalue weighted by molar-refractivity contribution is -0.141. The van der Waals surface area contributed by atoms with E-state index in [0.29, 0.717) is 22.5 Å². The molecular weight excluding hydrogens is 516 g/mol.